The summed E-state index contributed by atoms with van der Waals surface area (Å²) in [5, 5.41) is 1.21. The van der Waals surface area contributed by atoms with Crippen LogP contribution in [0.1, 0.15) is 19.5 Å². The van der Waals surface area contributed by atoms with E-state index in [-0.39, 0.29) is 0 Å². The summed E-state index contributed by atoms with van der Waals surface area (Å²) in [5.41, 5.74) is 2.15. The van der Waals surface area contributed by atoms with E-state index in [0.717, 1.165) is 11.2 Å². The van der Waals surface area contributed by atoms with E-state index < -0.39 is 0 Å². The maximum Gasteiger partial charge on any atom is 0.0705 e. The minimum atomic E-state index is 1.07. The summed E-state index contributed by atoms with van der Waals surface area (Å²) in [6, 6.07) is 12.3. The lowest BCUT2D eigenvalue weighted by Gasteiger charge is -1.95. The molecule has 15 heavy (non-hydrogen) atoms. The molecule has 0 aliphatic carbocycles. The molecule has 0 amide bonds. The van der Waals surface area contributed by atoms with Crippen LogP contribution in [0.4, 0.5) is 0 Å². The van der Waals surface area contributed by atoms with Gasteiger partial charge in [0, 0.05) is 11.1 Å². The number of benzene rings is 1. The number of pyridine rings is 1. The van der Waals surface area contributed by atoms with Crippen molar-refractivity contribution in [2.75, 3.05) is 0 Å². The molecule has 80 valence electrons. The summed E-state index contributed by atoms with van der Waals surface area (Å²) in [6.45, 7) is 12.0. The molecule has 0 bridgehead atoms. The topological polar surface area (TPSA) is 12.9 Å². The second-order valence-electron chi connectivity index (χ2n) is 2.65. The van der Waals surface area contributed by atoms with Gasteiger partial charge in [-0.1, -0.05) is 38.1 Å². The molecule has 1 heterocycles. The van der Waals surface area contributed by atoms with Crippen LogP contribution >= 0.6 is 0 Å². The largest absolute Gasteiger partial charge is 0.253 e. The number of fused-ring (bicyclic) bond motifs is 1. The second-order valence-corrected chi connectivity index (χ2v) is 2.65. The fourth-order valence-corrected chi connectivity index (χ4v) is 1.17. The first-order valence-electron chi connectivity index (χ1n) is 5.19. The van der Waals surface area contributed by atoms with Crippen molar-refractivity contribution >= 4 is 10.9 Å². The lowest BCUT2D eigenvalue weighted by Crippen LogP contribution is -1.80. The summed E-state index contributed by atoms with van der Waals surface area (Å²) in [5.74, 6) is 0. The van der Waals surface area contributed by atoms with E-state index in [1.54, 1.807) is 0 Å². The highest BCUT2D eigenvalue weighted by molar-refractivity contribution is 5.78. The molecule has 1 aromatic carbocycles. The molecule has 1 heteroatoms. The van der Waals surface area contributed by atoms with E-state index in [9.17, 15) is 0 Å². The van der Waals surface area contributed by atoms with Crippen LogP contribution in [-0.2, 0) is 0 Å². The summed E-state index contributed by atoms with van der Waals surface area (Å²) in [4.78, 5) is 4.38. The van der Waals surface area contributed by atoms with Crippen molar-refractivity contribution in [3.63, 3.8) is 0 Å². The highest BCUT2D eigenvalue weighted by Crippen LogP contribution is 2.10. The van der Waals surface area contributed by atoms with Gasteiger partial charge in [-0.25, -0.2) is 0 Å². The number of nitrogens with zero attached hydrogens (tertiary/aromatic N) is 1. The molecule has 0 saturated carbocycles. The van der Waals surface area contributed by atoms with E-state index in [1.807, 2.05) is 45.0 Å². The molecule has 2 aromatic rings. The smallest absolute Gasteiger partial charge is 0.0705 e. The Labute approximate surface area is 92.5 Å². The zero-order chi connectivity index (χ0) is 11.7. The van der Waals surface area contributed by atoms with E-state index in [2.05, 4.69) is 30.3 Å². The molecule has 0 aliphatic rings. The minimum absolute atomic E-state index is 1.07. The van der Waals surface area contributed by atoms with Gasteiger partial charge < -0.3 is 0 Å². The summed E-state index contributed by atoms with van der Waals surface area (Å²) >= 11 is 0. The van der Waals surface area contributed by atoms with Gasteiger partial charge in [0.2, 0.25) is 0 Å². The molecular weight excluding hydrogens is 182 g/mol. The van der Waals surface area contributed by atoms with E-state index >= 15 is 0 Å². The van der Waals surface area contributed by atoms with Crippen molar-refractivity contribution in [1.82, 2.24) is 4.98 Å². The number of aromatic nitrogens is 1. The van der Waals surface area contributed by atoms with Crippen molar-refractivity contribution in [2.24, 2.45) is 0 Å². The first-order chi connectivity index (χ1) is 7.36. The monoisotopic (exact) mass is 201 g/mol. The number of para-hydroxylation sites is 1. The molecule has 0 aliphatic heterocycles. The molecule has 0 radical (unpaired) electrons. The zero-order valence-electron chi connectivity index (χ0n) is 9.83. The van der Waals surface area contributed by atoms with Crippen LogP contribution in [0.3, 0.4) is 0 Å². The van der Waals surface area contributed by atoms with Gasteiger partial charge in [-0.15, -0.1) is 13.2 Å². The lowest BCUT2D eigenvalue weighted by atomic mass is 10.2. The Kier molecular flexibility index (Phi) is 6.90. The van der Waals surface area contributed by atoms with Gasteiger partial charge in [-0.05, 0) is 19.1 Å². The maximum atomic E-state index is 4.38. The lowest BCUT2D eigenvalue weighted by molar-refractivity contribution is 1.26. The fraction of sp³-hybridized carbons (Fsp3) is 0.214. The van der Waals surface area contributed by atoms with E-state index in [0.29, 0.717) is 0 Å². The molecule has 0 fully saturated rings. The summed E-state index contributed by atoms with van der Waals surface area (Å²) in [6.07, 6.45) is 0. The molecular formula is C14H19N. The van der Waals surface area contributed by atoms with Gasteiger partial charge in [0.1, 0.15) is 0 Å². The third-order valence-corrected chi connectivity index (χ3v) is 1.74. The molecule has 0 N–H and O–H groups in total. The van der Waals surface area contributed by atoms with Crippen LogP contribution in [0, 0.1) is 6.92 Å². The normalized spacial score (nSPS) is 8.20. The van der Waals surface area contributed by atoms with Crippen LogP contribution in [0.2, 0.25) is 0 Å². The SMILES string of the molecule is C=C.CC.Cc1ccc2ccccc2n1. The molecule has 1 aromatic heterocycles. The third-order valence-electron chi connectivity index (χ3n) is 1.74. The Bertz CT molecular complexity index is 393. The standard InChI is InChI=1S/C10H9N.C2H6.C2H4/c1-8-6-7-9-4-2-3-5-10(9)11-8;2*1-2/h2-7H,1H3;1-2H3;1-2H2. The Morgan fingerprint density at radius 2 is 1.53 bits per heavy atom. The Hall–Kier alpha value is -1.63. The fourth-order valence-electron chi connectivity index (χ4n) is 1.17. The number of rotatable bonds is 0. The predicted octanol–water partition coefficient (Wildman–Crippen LogP) is 4.37. The van der Waals surface area contributed by atoms with Gasteiger partial charge >= 0.3 is 0 Å². The van der Waals surface area contributed by atoms with Crippen LogP contribution in [0.25, 0.3) is 10.9 Å². The number of hydrogen-bond acceptors (Lipinski definition) is 1. The molecule has 1 nitrogen and oxygen atoms in total. The average Bonchev–Trinajstić information content (AvgIpc) is 2.34. The number of aryl methyl sites for hydroxylation is 1. The maximum absolute atomic E-state index is 4.38. The van der Waals surface area contributed by atoms with Gasteiger partial charge in [-0.3, -0.25) is 4.98 Å². The van der Waals surface area contributed by atoms with Gasteiger partial charge in [0.25, 0.3) is 0 Å². The average molecular weight is 201 g/mol. The van der Waals surface area contributed by atoms with Crippen molar-refractivity contribution in [3.05, 3.63) is 55.3 Å². The van der Waals surface area contributed by atoms with E-state index in [1.165, 1.54) is 5.39 Å². The molecule has 0 unspecified atom stereocenters. The highest BCUT2D eigenvalue weighted by Gasteiger charge is 1.90. The Morgan fingerprint density at radius 3 is 2.20 bits per heavy atom. The quantitative estimate of drug-likeness (QED) is 0.577. The van der Waals surface area contributed by atoms with Crippen LogP contribution < -0.4 is 0 Å². The van der Waals surface area contributed by atoms with Crippen molar-refractivity contribution in [3.8, 4) is 0 Å². The molecule has 0 spiro atoms. The first-order valence-corrected chi connectivity index (χ1v) is 5.19. The summed E-state index contributed by atoms with van der Waals surface area (Å²) < 4.78 is 0. The highest BCUT2D eigenvalue weighted by atomic mass is 14.7. The Morgan fingerprint density at radius 1 is 0.933 bits per heavy atom. The van der Waals surface area contributed by atoms with Crippen molar-refractivity contribution < 1.29 is 0 Å². The van der Waals surface area contributed by atoms with Gasteiger partial charge in [-0.2, -0.15) is 0 Å². The number of hydrogen-bond donors (Lipinski definition) is 0. The van der Waals surface area contributed by atoms with E-state index in [4.69, 9.17) is 0 Å². The molecule has 2 rings (SSSR count). The second kappa shape index (κ2) is 7.74. The first kappa shape index (κ1) is 13.4. The molecule has 0 atom stereocenters. The van der Waals surface area contributed by atoms with Crippen LogP contribution in [-0.4, -0.2) is 4.98 Å². The van der Waals surface area contributed by atoms with Gasteiger partial charge in [0.05, 0.1) is 5.52 Å². The van der Waals surface area contributed by atoms with Gasteiger partial charge in [0.15, 0.2) is 0 Å². The molecule has 0 saturated heterocycles. The van der Waals surface area contributed by atoms with Crippen molar-refractivity contribution in [2.45, 2.75) is 20.8 Å². The summed E-state index contributed by atoms with van der Waals surface area (Å²) in [7, 11) is 0. The zero-order valence-corrected chi connectivity index (χ0v) is 9.83. The van der Waals surface area contributed by atoms with Crippen molar-refractivity contribution in [1.29, 1.82) is 0 Å². The van der Waals surface area contributed by atoms with Crippen LogP contribution in [0.5, 0.6) is 0 Å². The Balaban J connectivity index is 0.000000442. The minimum Gasteiger partial charge on any atom is -0.253 e. The third kappa shape index (κ3) is 3.94. The predicted molar refractivity (Wildman–Crippen MR) is 69.1 cm³/mol. The van der Waals surface area contributed by atoms with Crippen LogP contribution in [0.15, 0.2) is 49.6 Å².